The average molecular weight is 756 g/mol. The molecular formula is C46H93NO6. The lowest BCUT2D eigenvalue weighted by Crippen LogP contribution is -2.38. The van der Waals surface area contributed by atoms with Crippen LogP contribution in [0.4, 0.5) is 0 Å². The Labute approximate surface area is 330 Å². The molecule has 2 saturated heterocycles. The Bertz CT molecular complexity index is 734. The Morgan fingerprint density at radius 2 is 0.981 bits per heavy atom. The first-order valence-electron chi connectivity index (χ1n) is 23.3. The lowest BCUT2D eigenvalue weighted by Gasteiger charge is -2.27. The summed E-state index contributed by atoms with van der Waals surface area (Å²) in [6, 6.07) is 0. The summed E-state index contributed by atoms with van der Waals surface area (Å²) in [6.45, 7) is 18.2. The summed E-state index contributed by atoms with van der Waals surface area (Å²) in [5.41, 5.74) is 0. The molecule has 0 bridgehead atoms. The fourth-order valence-corrected chi connectivity index (χ4v) is 7.36. The Morgan fingerprint density at radius 3 is 1.42 bits per heavy atom. The lowest BCUT2D eigenvalue weighted by molar-refractivity contribution is -0.153. The zero-order valence-electron chi connectivity index (χ0n) is 36.6. The number of hydrogen-bond acceptors (Lipinski definition) is 7. The van der Waals surface area contributed by atoms with Crippen LogP contribution in [0.5, 0.6) is 0 Å². The van der Waals surface area contributed by atoms with Crippen molar-refractivity contribution in [3.8, 4) is 0 Å². The number of aliphatic hydroxyl groups excluding tert-OH is 2. The van der Waals surface area contributed by atoms with Crippen LogP contribution in [0, 0.1) is 5.92 Å². The summed E-state index contributed by atoms with van der Waals surface area (Å²) in [5, 5.41) is 21.8. The highest BCUT2D eigenvalue weighted by Crippen LogP contribution is 2.32. The molecule has 6 unspecified atom stereocenters. The summed E-state index contributed by atoms with van der Waals surface area (Å²) in [5.74, 6) is 0.159. The topological polar surface area (TPSA) is 88.5 Å². The van der Waals surface area contributed by atoms with E-state index in [0.29, 0.717) is 38.6 Å². The second-order valence-corrected chi connectivity index (χ2v) is 16.5. The van der Waals surface area contributed by atoms with Gasteiger partial charge >= 0.3 is 5.97 Å². The normalized spacial score (nSPS) is 20.3. The Morgan fingerprint density at radius 1 is 0.585 bits per heavy atom. The molecule has 53 heavy (non-hydrogen) atoms. The molecule has 0 aromatic carbocycles. The van der Waals surface area contributed by atoms with E-state index >= 15 is 0 Å². The van der Waals surface area contributed by atoms with Crippen LogP contribution < -0.4 is 0 Å². The number of rotatable bonds is 32. The number of ether oxygens (including phenoxy) is 3. The van der Waals surface area contributed by atoms with Crippen LogP contribution in [0.2, 0.25) is 0 Å². The van der Waals surface area contributed by atoms with Crippen molar-refractivity contribution in [1.29, 1.82) is 0 Å². The zero-order valence-corrected chi connectivity index (χ0v) is 36.6. The monoisotopic (exact) mass is 756 g/mol. The Balaban J connectivity index is 0.00000420. The van der Waals surface area contributed by atoms with Gasteiger partial charge < -0.3 is 24.4 Å². The summed E-state index contributed by atoms with van der Waals surface area (Å²) < 4.78 is 17.4. The van der Waals surface area contributed by atoms with Crippen molar-refractivity contribution in [3.05, 3.63) is 0 Å². The van der Waals surface area contributed by atoms with Gasteiger partial charge in [0.15, 0.2) is 6.10 Å². The van der Waals surface area contributed by atoms with Crippen molar-refractivity contribution in [1.82, 2.24) is 4.90 Å². The number of carbonyl (C=O) groups is 1. The number of nitrogens with zero attached hydrogens (tertiary/aromatic N) is 1. The van der Waals surface area contributed by atoms with Gasteiger partial charge in [-0.2, -0.15) is 0 Å². The zero-order chi connectivity index (χ0) is 39.4. The number of aliphatic hydroxyl groups is 2. The fourth-order valence-electron chi connectivity index (χ4n) is 7.36. The summed E-state index contributed by atoms with van der Waals surface area (Å²) in [6.07, 6.45) is 30.8. The van der Waals surface area contributed by atoms with E-state index in [1.807, 2.05) is 0 Å². The molecule has 2 heterocycles. The maximum Gasteiger partial charge on any atom is 0.306 e. The second-order valence-electron chi connectivity index (χ2n) is 16.5. The van der Waals surface area contributed by atoms with Gasteiger partial charge in [0.1, 0.15) is 6.10 Å². The van der Waals surface area contributed by atoms with E-state index in [1.165, 1.54) is 128 Å². The minimum atomic E-state index is -0.373. The highest BCUT2D eigenvalue weighted by molar-refractivity contribution is 5.69. The van der Waals surface area contributed by atoms with Crippen LogP contribution in [0.3, 0.4) is 0 Å². The third-order valence-electron chi connectivity index (χ3n) is 10.4. The van der Waals surface area contributed by atoms with Crippen molar-refractivity contribution in [3.63, 3.8) is 0 Å². The summed E-state index contributed by atoms with van der Waals surface area (Å²) in [7, 11) is 0. The fraction of sp³-hybridized carbons (Fsp3) is 0.978. The first kappa shape index (κ1) is 52.3. The van der Waals surface area contributed by atoms with Crippen LogP contribution >= 0.6 is 0 Å². The SMILES string of the molecule is CCC.CCC.CCCCCCCCCCCCC(O)CN(CCCCC(=O)OC1COC2C(C)COC12)CC(O)CCCCCCCCCCCC. The second kappa shape index (κ2) is 38.2. The van der Waals surface area contributed by atoms with Crippen molar-refractivity contribution in [2.24, 2.45) is 5.92 Å². The molecule has 7 heteroatoms. The van der Waals surface area contributed by atoms with Gasteiger partial charge in [0, 0.05) is 25.4 Å². The van der Waals surface area contributed by atoms with Crippen molar-refractivity contribution in [2.45, 2.75) is 252 Å². The number of unbranched alkanes of at least 4 members (excludes halogenated alkanes) is 19. The molecule has 0 aliphatic carbocycles. The Hall–Kier alpha value is -0.730. The predicted octanol–water partition coefficient (Wildman–Crippen LogP) is 12.0. The van der Waals surface area contributed by atoms with Crippen LogP contribution in [-0.4, -0.2) is 84.5 Å². The molecule has 0 saturated carbocycles. The minimum absolute atomic E-state index is 0.0415. The van der Waals surface area contributed by atoms with Crippen LogP contribution in [-0.2, 0) is 19.0 Å². The molecule has 2 aliphatic rings. The van der Waals surface area contributed by atoms with Gasteiger partial charge in [0.2, 0.25) is 0 Å². The van der Waals surface area contributed by atoms with Gasteiger partial charge in [-0.1, -0.05) is 190 Å². The quantitative estimate of drug-likeness (QED) is 0.0522. The molecule has 2 fully saturated rings. The third kappa shape index (κ3) is 30.1. The molecular weight excluding hydrogens is 663 g/mol. The van der Waals surface area contributed by atoms with E-state index in [1.54, 1.807) is 0 Å². The first-order chi connectivity index (χ1) is 25.8. The molecule has 0 amide bonds. The molecule has 0 spiro atoms. The molecule has 7 nitrogen and oxygen atoms in total. The molecule has 6 atom stereocenters. The largest absolute Gasteiger partial charge is 0.457 e. The maximum atomic E-state index is 12.6. The first-order valence-corrected chi connectivity index (χ1v) is 23.3. The van der Waals surface area contributed by atoms with Crippen LogP contribution in [0.1, 0.15) is 222 Å². The van der Waals surface area contributed by atoms with E-state index in [-0.39, 0.29) is 36.5 Å². The van der Waals surface area contributed by atoms with E-state index in [2.05, 4.69) is 53.4 Å². The highest BCUT2D eigenvalue weighted by Gasteiger charge is 2.47. The van der Waals surface area contributed by atoms with Crippen LogP contribution in [0.25, 0.3) is 0 Å². The minimum Gasteiger partial charge on any atom is -0.457 e. The number of esters is 1. The van der Waals surface area contributed by atoms with Gasteiger partial charge in [0.25, 0.3) is 0 Å². The Kier molecular flexibility index (Phi) is 37.6. The van der Waals surface area contributed by atoms with E-state index < -0.39 is 0 Å². The van der Waals surface area contributed by atoms with Gasteiger partial charge in [-0.05, 0) is 32.2 Å². The predicted molar refractivity (Wildman–Crippen MR) is 226 cm³/mol. The molecule has 2 N–H and O–H groups in total. The van der Waals surface area contributed by atoms with Crippen LogP contribution in [0.15, 0.2) is 0 Å². The van der Waals surface area contributed by atoms with Gasteiger partial charge in [-0.25, -0.2) is 0 Å². The lowest BCUT2D eigenvalue weighted by atomic mass is 10.0. The van der Waals surface area contributed by atoms with Gasteiger partial charge in [-0.15, -0.1) is 0 Å². The summed E-state index contributed by atoms with van der Waals surface area (Å²) in [4.78, 5) is 14.8. The molecule has 0 aromatic heterocycles. The van der Waals surface area contributed by atoms with Gasteiger partial charge in [-0.3, -0.25) is 9.69 Å². The number of hydrogen-bond donors (Lipinski definition) is 2. The number of carbonyl (C=O) groups excluding carboxylic acids is 1. The van der Waals surface area contributed by atoms with Crippen molar-refractivity contribution < 1.29 is 29.2 Å². The van der Waals surface area contributed by atoms with E-state index in [0.717, 1.165) is 45.1 Å². The molecule has 2 aliphatic heterocycles. The highest BCUT2D eigenvalue weighted by atomic mass is 16.6. The maximum absolute atomic E-state index is 12.6. The molecule has 0 radical (unpaired) electrons. The molecule has 318 valence electrons. The summed E-state index contributed by atoms with van der Waals surface area (Å²) >= 11 is 0. The number of fused-ring (bicyclic) bond motifs is 1. The van der Waals surface area contributed by atoms with Crippen molar-refractivity contribution >= 4 is 5.97 Å². The molecule has 0 aromatic rings. The average Bonchev–Trinajstić information content (AvgIpc) is 3.71. The van der Waals surface area contributed by atoms with E-state index in [9.17, 15) is 15.0 Å². The molecule has 2 rings (SSSR count). The standard InChI is InChI=1S/C40H77NO6.2C3H8/c1-4-6-8-10-12-14-16-18-20-22-26-35(42)30-41(31-36(43)27-23-21-19-17-15-13-11-9-7-5-2)29-25-24-28-38(44)47-37-33-46-39-34(3)32-45-40(37)39;2*1-3-2/h34-37,39-40,42-43H,4-33H2,1-3H3;2*3H2,1-2H3. The van der Waals surface area contributed by atoms with Crippen molar-refractivity contribution in [2.75, 3.05) is 32.8 Å². The smallest absolute Gasteiger partial charge is 0.306 e. The van der Waals surface area contributed by atoms with E-state index in [4.69, 9.17) is 14.2 Å². The third-order valence-corrected chi connectivity index (χ3v) is 10.4. The van der Waals surface area contributed by atoms with Gasteiger partial charge in [0.05, 0.1) is 31.5 Å².